The highest BCUT2D eigenvalue weighted by atomic mass is 35.5. The molecule has 0 spiro atoms. The van der Waals surface area contributed by atoms with Gasteiger partial charge < -0.3 is 0 Å². The molecule has 0 saturated carbocycles. The fraction of sp³-hybridized carbons (Fsp3) is 0. The van der Waals surface area contributed by atoms with E-state index in [-0.39, 0.29) is 10.7 Å². The largest absolute Gasteiger partial charge is 0.277 e. The molecular formula is C13H9Cl2FN2. The predicted octanol–water partition coefficient (Wildman–Crippen LogP) is 4.49. The molecule has 0 radical (unpaired) electrons. The Kier molecular flexibility index (Phi) is 4.18. The first-order valence-electron chi connectivity index (χ1n) is 5.16. The van der Waals surface area contributed by atoms with Crippen molar-refractivity contribution in [2.45, 2.75) is 0 Å². The second kappa shape index (κ2) is 5.85. The molecular weight excluding hydrogens is 274 g/mol. The fourth-order valence-electron chi connectivity index (χ4n) is 1.34. The van der Waals surface area contributed by atoms with Crippen molar-refractivity contribution in [2.24, 2.45) is 5.10 Å². The van der Waals surface area contributed by atoms with Gasteiger partial charge in [-0.1, -0.05) is 41.4 Å². The number of nitrogens with one attached hydrogen (secondary N) is 1. The Labute approximate surface area is 114 Å². The molecule has 0 saturated heterocycles. The number of hydrazone groups is 1. The Hall–Kier alpha value is -1.58. The number of benzene rings is 2. The number of nitrogens with zero attached hydrogens (tertiary/aromatic N) is 1. The molecule has 2 aromatic carbocycles. The normalized spacial score (nSPS) is 11.4. The molecule has 0 aromatic heterocycles. The van der Waals surface area contributed by atoms with Crippen molar-refractivity contribution < 1.29 is 4.39 Å². The van der Waals surface area contributed by atoms with Crippen molar-refractivity contribution >= 4 is 34.1 Å². The highest BCUT2D eigenvalue weighted by Gasteiger charge is 2.07. The standard InChI is InChI=1S/C13H9Cl2FN2/c14-9-6-7-11(12(16)8-9)13(15)18-17-10-4-2-1-3-5-10/h1-8,17H/b18-13-. The number of rotatable bonds is 3. The van der Waals surface area contributed by atoms with Crippen LogP contribution in [0.3, 0.4) is 0 Å². The monoisotopic (exact) mass is 282 g/mol. The van der Waals surface area contributed by atoms with Crippen LogP contribution in [0.25, 0.3) is 0 Å². The lowest BCUT2D eigenvalue weighted by atomic mass is 10.2. The summed E-state index contributed by atoms with van der Waals surface area (Å²) in [6.45, 7) is 0. The van der Waals surface area contributed by atoms with Gasteiger partial charge in [0.05, 0.1) is 5.69 Å². The summed E-state index contributed by atoms with van der Waals surface area (Å²) in [7, 11) is 0. The Morgan fingerprint density at radius 1 is 1.11 bits per heavy atom. The van der Waals surface area contributed by atoms with Gasteiger partial charge in [-0.2, -0.15) is 5.10 Å². The average Bonchev–Trinajstić information content (AvgIpc) is 2.37. The minimum atomic E-state index is -0.508. The second-order valence-electron chi connectivity index (χ2n) is 3.50. The predicted molar refractivity (Wildman–Crippen MR) is 73.9 cm³/mol. The Balaban J connectivity index is 2.18. The molecule has 0 bridgehead atoms. The lowest BCUT2D eigenvalue weighted by Crippen LogP contribution is -2.00. The molecule has 2 aromatic rings. The molecule has 0 amide bonds. The summed E-state index contributed by atoms with van der Waals surface area (Å²) in [6, 6.07) is 13.5. The molecule has 0 fully saturated rings. The summed E-state index contributed by atoms with van der Waals surface area (Å²) >= 11 is 11.6. The zero-order valence-electron chi connectivity index (χ0n) is 9.20. The number of hydrogen-bond donors (Lipinski definition) is 1. The van der Waals surface area contributed by atoms with E-state index in [1.165, 1.54) is 12.1 Å². The summed E-state index contributed by atoms with van der Waals surface area (Å²) in [6.07, 6.45) is 0. The van der Waals surface area contributed by atoms with E-state index in [0.29, 0.717) is 5.02 Å². The summed E-state index contributed by atoms with van der Waals surface area (Å²) in [5, 5.41) is 4.26. The van der Waals surface area contributed by atoms with Crippen molar-refractivity contribution in [3.63, 3.8) is 0 Å². The molecule has 2 nitrogen and oxygen atoms in total. The van der Waals surface area contributed by atoms with E-state index in [0.717, 1.165) is 5.69 Å². The van der Waals surface area contributed by atoms with E-state index in [2.05, 4.69) is 10.5 Å². The summed E-state index contributed by atoms with van der Waals surface area (Å²) < 4.78 is 13.5. The Morgan fingerprint density at radius 3 is 2.50 bits per heavy atom. The van der Waals surface area contributed by atoms with Crippen molar-refractivity contribution in [2.75, 3.05) is 5.43 Å². The van der Waals surface area contributed by atoms with E-state index < -0.39 is 5.82 Å². The molecule has 0 aliphatic carbocycles. The molecule has 0 atom stereocenters. The Morgan fingerprint density at radius 2 is 1.83 bits per heavy atom. The maximum atomic E-state index is 13.5. The van der Waals surface area contributed by atoms with E-state index in [9.17, 15) is 4.39 Å². The van der Waals surface area contributed by atoms with Crippen LogP contribution in [0, 0.1) is 5.82 Å². The van der Waals surface area contributed by atoms with Gasteiger partial charge in [0, 0.05) is 10.6 Å². The van der Waals surface area contributed by atoms with Crippen LogP contribution in [-0.2, 0) is 0 Å². The maximum Gasteiger partial charge on any atom is 0.159 e. The first-order chi connectivity index (χ1) is 8.66. The molecule has 92 valence electrons. The SMILES string of the molecule is Fc1cc(Cl)ccc1/C(Cl)=N/Nc1ccccc1. The molecule has 18 heavy (non-hydrogen) atoms. The molecule has 0 aliphatic rings. The van der Waals surface area contributed by atoms with Crippen LogP contribution in [0.15, 0.2) is 53.6 Å². The quantitative estimate of drug-likeness (QED) is 0.651. The van der Waals surface area contributed by atoms with Crippen LogP contribution in [-0.4, -0.2) is 5.17 Å². The van der Waals surface area contributed by atoms with E-state index in [4.69, 9.17) is 23.2 Å². The van der Waals surface area contributed by atoms with Crippen LogP contribution in [0.4, 0.5) is 10.1 Å². The molecule has 0 aliphatic heterocycles. The van der Waals surface area contributed by atoms with Gasteiger partial charge >= 0.3 is 0 Å². The third kappa shape index (κ3) is 3.22. The van der Waals surface area contributed by atoms with Gasteiger partial charge in [-0.25, -0.2) is 4.39 Å². The number of hydrogen-bond acceptors (Lipinski definition) is 2. The number of anilines is 1. The summed E-state index contributed by atoms with van der Waals surface area (Å²) in [4.78, 5) is 0. The van der Waals surface area contributed by atoms with Crippen LogP contribution in [0.1, 0.15) is 5.56 Å². The summed E-state index contributed by atoms with van der Waals surface area (Å²) in [5.41, 5.74) is 3.71. The minimum Gasteiger partial charge on any atom is -0.277 e. The minimum absolute atomic E-state index is 0.0352. The zero-order valence-corrected chi connectivity index (χ0v) is 10.7. The first-order valence-corrected chi connectivity index (χ1v) is 5.92. The number of para-hydroxylation sites is 1. The van der Waals surface area contributed by atoms with Gasteiger partial charge in [-0.05, 0) is 30.3 Å². The van der Waals surface area contributed by atoms with E-state index in [1.54, 1.807) is 6.07 Å². The lowest BCUT2D eigenvalue weighted by Gasteiger charge is -2.03. The number of halogens is 3. The highest BCUT2D eigenvalue weighted by Crippen LogP contribution is 2.17. The first kappa shape index (κ1) is 12.9. The van der Waals surface area contributed by atoms with Crippen molar-refractivity contribution in [1.82, 2.24) is 0 Å². The molecule has 0 heterocycles. The Bertz CT molecular complexity index is 570. The van der Waals surface area contributed by atoms with Crippen LogP contribution in [0.2, 0.25) is 5.02 Å². The van der Waals surface area contributed by atoms with Gasteiger partial charge in [0.15, 0.2) is 5.17 Å². The van der Waals surface area contributed by atoms with Gasteiger partial charge in [-0.3, -0.25) is 5.43 Å². The zero-order chi connectivity index (χ0) is 13.0. The third-order valence-corrected chi connectivity index (χ3v) is 2.73. The topological polar surface area (TPSA) is 24.4 Å². The molecule has 0 unspecified atom stereocenters. The van der Waals surface area contributed by atoms with Crippen molar-refractivity contribution in [1.29, 1.82) is 0 Å². The fourth-order valence-corrected chi connectivity index (χ4v) is 1.70. The maximum absolute atomic E-state index is 13.5. The van der Waals surface area contributed by atoms with E-state index in [1.807, 2.05) is 30.3 Å². The third-order valence-electron chi connectivity index (χ3n) is 2.21. The summed E-state index contributed by atoms with van der Waals surface area (Å²) in [5.74, 6) is -0.508. The van der Waals surface area contributed by atoms with Crippen LogP contribution >= 0.6 is 23.2 Å². The smallest absolute Gasteiger partial charge is 0.159 e. The average molecular weight is 283 g/mol. The lowest BCUT2D eigenvalue weighted by molar-refractivity contribution is 0.626. The highest BCUT2D eigenvalue weighted by molar-refractivity contribution is 6.69. The second-order valence-corrected chi connectivity index (χ2v) is 4.30. The molecule has 2 rings (SSSR count). The van der Waals surface area contributed by atoms with E-state index >= 15 is 0 Å². The van der Waals surface area contributed by atoms with Crippen LogP contribution < -0.4 is 5.43 Å². The van der Waals surface area contributed by atoms with Crippen molar-refractivity contribution in [3.05, 3.63) is 64.9 Å². The molecule has 5 heteroatoms. The van der Waals surface area contributed by atoms with Crippen molar-refractivity contribution in [3.8, 4) is 0 Å². The van der Waals surface area contributed by atoms with Gasteiger partial charge in [0.2, 0.25) is 0 Å². The van der Waals surface area contributed by atoms with Crippen LogP contribution in [0.5, 0.6) is 0 Å². The van der Waals surface area contributed by atoms with Gasteiger partial charge in [0.1, 0.15) is 5.82 Å². The molecule has 1 N–H and O–H groups in total. The van der Waals surface area contributed by atoms with Gasteiger partial charge in [0.25, 0.3) is 0 Å². The van der Waals surface area contributed by atoms with Gasteiger partial charge in [-0.15, -0.1) is 0 Å².